The molecule has 0 saturated carbocycles. The molecule has 1 unspecified atom stereocenters. The standard InChI is InChI=1S/C21H25N3O3S/c1-6-24(12-19-22-20(23-27-19)18-8-7-9-28-18)21(25)16(5)26-17-11-13(2)10-14(3)15(17)4/h7-11,16H,6,12H2,1-5H3. The molecule has 6 nitrogen and oxygen atoms in total. The van der Waals surface area contributed by atoms with Crippen molar-refractivity contribution in [3.63, 3.8) is 0 Å². The van der Waals surface area contributed by atoms with Gasteiger partial charge in [0.25, 0.3) is 5.91 Å². The van der Waals surface area contributed by atoms with Crippen LogP contribution < -0.4 is 4.74 Å². The summed E-state index contributed by atoms with van der Waals surface area (Å²) in [5, 5.41) is 5.96. The highest BCUT2D eigenvalue weighted by Gasteiger charge is 2.24. The highest BCUT2D eigenvalue weighted by Crippen LogP contribution is 2.25. The third-order valence-corrected chi connectivity index (χ3v) is 5.51. The fraction of sp³-hybridized carbons (Fsp3) is 0.381. The van der Waals surface area contributed by atoms with Crippen LogP contribution in [0.3, 0.4) is 0 Å². The number of carbonyl (C=O) groups is 1. The Morgan fingerprint density at radius 2 is 2.11 bits per heavy atom. The second kappa shape index (κ2) is 8.56. The molecule has 2 heterocycles. The summed E-state index contributed by atoms with van der Waals surface area (Å²) in [6.45, 7) is 10.5. The van der Waals surface area contributed by atoms with E-state index < -0.39 is 6.10 Å². The lowest BCUT2D eigenvalue weighted by molar-refractivity contribution is -0.138. The molecule has 0 aliphatic rings. The van der Waals surface area contributed by atoms with Crippen LogP contribution in [0.1, 0.15) is 36.4 Å². The molecule has 0 spiro atoms. The van der Waals surface area contributed by atoms with Crippen molar-refractivity contribution in [3.05, 3.63) is 52.2 Å². The van der Waals surface area contributed by atoms with Crippen molar-refractivity contribution in [3.8, 4) is 16.5 Å². The Morgan fingerprint density at radius 3 is 2.79 bits per heavy atom. The number of amides is 1. The number of hydrogen-bond donors (Lipinski definition) is 0. The average molecular weight is 400 g/mol. The molecular weight excluding hydrogens is 374 g/mol. The Balaban J connectivity index is 1.69. The van der Waals surface area contributed by atoms with Crippen molar-refractivity contribution in [1.29, 1.82) is 0 Å². The summed E-state index contributed by atoms with van der Waals surface area (Å²) < 4.78 is 11.3. The fourth-order valence-corrected chi connectivity index (χ4v) is 3.60. The van der Waals surface area contributed by atoms with Crippen molar-refractivity contribution in [2.45, 2.75) is 47.3 Å². The summed E-state index contributed by atoms with van der Waals surface area (Å²) in [6, 6.07) is 7.94. The van der Waals surface area contributed by atoms with Crippen molar-refractivity contribution in [1.82, 2.24) is 15.0 Å². The molecule has 148 valence electrons. The van der Waals surface area contributed by atoms with Gasteiger partial charge < -0.3 is 14.2 Å². The normalized spacial score (nSPS) is 12.0. The number of rotatable bonds is 7. The van der Waals surface area contributed by atoms with Gasteiger partial charge in [0.05, 0.1) is 4.88 Å². The zero-order valence-corrected chi connectivity index (χ0v) is 17.7. The van der Waals surface area contributed by atoms with E-state index in [0.717, 1.165) is 27.3 Å². The lowest BCUT2D eigenvalue weighted by atomic mass is 10.1. The van der Waals surface area contributed by atoms with Crippen molar-refractivity contribution >= 4 is 17.2 Å². The first-order valence-electron chi connectivity index (χ1n) is 9.28. The fourth-order valence-electron chi connectivity index (χ4n) is 2.95. The molecule has 1 atom stereocenters. The Morgan fingerprint density at radius 1 is 1.32 bits per heavy atom. The predicted molar refractivity (Wildman–Crippen MR) is 109 cm³/mol. The maximum atomic E-state index is 12.9. The molecule has 0 aliphatic carbocycles. The second-order valence-electron chi connectivity index (χ2n) is 6.81. The Bertz CT molecular complexity index is 950. The van der Waals surface area contributed by atoms with Crippen LogP contribution in [0.25, 0.3) is 10.7 Å². The molecule has 0 radical (unpaired) electrons. The smallest absolute Gasteiger partial charge is 0.263 e. The van der Waals surface area contributed by atoms with Crippen molar-refractivity contribution in [2.75, 3.05) is 6.54 Å². The zero-order valence-electron chi connectivity index (χ0n) is 16.9. The van der Waals surface area contributed by atoms with E-state index in [1.54, 1.807) is 23.2 Å². The number of thiophene rings is 1. The van der Waals surface area contributed by atoms with Gasteiger partial charge in [-0.2, -0.15) is 4.98 Å². The molecule has 0 saturated heterocycles. The van der Waals surface area contributed by atoms with E-state index in [0.29, 0.717) is 18.3 Å². The molecular formula is C21H25N3O3S. The molecule has 28 heavy (non-hydrogen) atoms. The van der Waals surface area contributed by atoms with Gasteiger partial charge in [-0.05, 0) is 68.8 Å². The van der Waals surface area contributed by atoms with E-state index in [1.165, 1.54) is 0 Å². The van der Waals surface area contributed by atoms with E-state index in [9.17, 15) is 4.79 Å². The molecule has 3 rings (SSSR count). The molecule has 7 heteroatoms. The minimum Gasteiger partial charge on any atom is -0.481 e. The van der Waals surface area contributed by atoms with Gasteiger partial charge in [-0.15, -0.1) is 11.3 Å². The number of aryl methyl sites for hydroxylation is 2. The van der Waals surface area contributed by atoms with E-state index in [1.807, 2.05) is 51.3 Å². The summed E-state index contributed by atoms with van der Waals surface area (Å²) >= 11 is 1.54. The number of likely N-dealkylation sites (N-methyl/N-ethyl adjacent to an activating group) is 1. The second-order valence-corrected chi connectivity index (χ2v) is 7.75. The highest BCUT2D eigenvalue weighted by molar-refractivity contribution is 7.13. The minimum atomic E-state index is -0.612. The monoisotopic (exact) mass is 399 g/mol. The number of benzene rings is 1. The topological polar surface area (TPSA) is 68.5 Å². The van der Waals surface area contributed by atoms with Crippen LogP contribution in [0, 0.1) is 20.8 Å². The first-order valence-corrected chi connectivity index (χ1v) is 10.2. The number of carbonyl (C=O) groups excluding carboxylic acids is 1. The summed E-state index contributed by atoms with van der Waals surface area (Å²) in [5.74, 6) is 1.58. The summed E-state index contributed by atoms with van der Waals surface area (Å²) in [5.41, 5.74) is 3.30. The SMILES string of the molecule is CCN(Cc1nc(-c2cccs2)no1)C(=O)C(C)Oc1cc(C)cc(C)c1C. The zero-order chi connectivity index (χ0) is 20.3. The van der Waals surface area contributed by atoms with E-state index >= 15 is 0 Å². The molecule has 0 N–H and O–H groups in total. The quantitative estimate of drug-likeness (QED) is 0.583. The third kappa shape index (κ3) is 4.42. The van der Waals surface area contributed by atoms with Gasteiger partial charge in [-0.1, -0.05) is 17.3 Å². The summed E-state index contributed by atoms with van der Waals surface area (Å²) in [6.07, 6.45) is -0.612. The maximum Gasteiger partial charge on any atom is 0.263 e. The molecule has 1 aromatic carbocycles. The Labute approximate surface area is 169 Å². The number of ether oxygens (including phenoxy) is 1. The number of nitrogens with zero attached hydrogens (tertiary/aromatic N) is 3. The Hall–Kier alpha value is -2.67. The van der Waals surface area contributed by atoms with Crippen LogP contribution in [0.2, 0.25) is 0 Å². The first kappa shape index (κ1) is 20.1. The molecule has 0 bridgehead atoms. The first-order chi connectivity index (χ1) is 13.4. The van der Waals surface area contributed by atoms with Gasteiger partial charge in [0.15, 0.2) is 6.10 Å². The predicted octanol–water partition coefficient (Wildman–Crippen LogP) is 4.54. The van der Waals surface area contributed by atoms with Gasteiger partial charge in [0.1, 0.15) is 12.3 Å². The van der Waals surface area contributed by atoms with E-state index in [-0.39, 0.29) is 12.5 Å². The van der Waals surface area contributed by atoms with Crippen LogP contribution >= 0.6 is 11.3 Å². The van der Waals surface area contributed by atoms with Gasteiger partial charge in [-0.25, -0.2) is 0 Å². The number of hydrogen-bond acceptors (Lipinski definition) is 6. The van der Waals surface area contributed by atoms with Crippen LogP contribution in [0.5, 0.6) is 5.75 Å². The molecule has 1 amide bonds. The Kier molecular flexibility index (Phi) is 6.14. The molecule has 3 aromatic rings. The van der Waals surface area contributed by atoms with Gasteiger partial charge >= 0.3 is 0 Å². The molecule has 0 fully saturated rings. The largest absolute Gasteiger partial charge is 0.481 e. The maximum absolute atomic E-state index is 12.9. The lowest BCUT2D eigenvalue weighted by Crippen LogP contribution is -2.40. The van der Waals surface area contributed by atoms with Crippen LogP contribution in [-0.2, 0) is 11.3 Å². The molecule has 2 aromatic heterocycles. The highest BCUT2D eigenvalue weighted by atomic mass is 32.1. The van der Waals surface area contributed by atoms with E-state index in [2.05, 4.69) is 16.2 Å². The van der Waals surface area contributed by atoms with Gasteiger partial charge in [0.2, 0.25) is 11.7 Å². The third-order valence-electron chi connectivity index (χ3n) is 4.64. The van der Waals surface area contributed by atoms with Gasteiger partial charge in [-0.3, -0.25) is 4.79 Å². The lowest BCUT2D eigenvalue weighted by Gasteiger charge is -2.24. The van der Waals surface area contributed by atoms with Crippen LogP contribution in [0.4, 0.5) is 0 Å². The average Bonchev–Trinajstić information content (AvgIpc) is 3.34. The summed E-state index contributed by atoms with van der Waals surface area (Å²) in [4.78, 5) is 19.9. The number of aromatic nitrogens is 2. The van der Waals surface area contributed by atoms with Crippen molar-refractivity contribution in [2.24, 2.45) is 0 Å². The van der Waals surface area contributed by atoms with Gasteiger partial charge in [0, 0.05) is 6.54 Å². The van der Waals surface area contributed by atoms with Crippen LogP contribution in [0.15, 0.2) is 34.2 Å². The van der Waals surface area contributed by atoms with Crippen LogP contribution in [-0.4, -0.2) is 33.6 Å². The molecule has 0 aliphatic heterocycles. The van der Waals surface area contributed by atoms with E-state index in [4.69, 9.17) is 9.26 Å². The summed E-state index contributed by atoms with van der Waals surface area (Å²) in [7, 11) is 0. The minimum absolute atomic E-state index is 0.114. The van der Waals surface area contributed by atoms with Crippen molar-refractivity contribution < 1.29 is 14.1 Å².